The molecule has 9 rings (SSSR count). The number of aryl methyl sites for hydroxylation is 3. The Hall–Kier alpha value is -6.76. The number of hydrogen-bond donors (Lipinski definition) is 3. The number of fused-ring (bicyclic) bond motifs is 8. The summed E-state index contributed by atoms with van der Waals surface area (Å²) in [5.74, 6) is 0.812. The number of rotatable bonds is 8. The molecule has 0 unspecified atom stereocenters. The lowest BCUT2D eigenvalue weighted by atomic mass is 10.0. The lowest BCUT2D eigenvalue weighted by molar-refractivity contribution is 0.313. The molecule has 0 saturated heterocycles. The lowest BCUT2D eigenvalue weighted by Crippen LogP contribution is -2.05. The fourth-order valence-electron chi connectivity index (χ4n) is 7.57. The molecule has 2 aliphatic heterocycles. The van der Waals surface area contributed by atoms with E-state index < -0.39 is 0 Å². The van der Waals surface area contributed by atoms with E-state index in [-0.39, 0.29) is 0 Å². The van der Waals surface area contributed by atoms with Gasteiger partial charge in [0.15, 0.2) is 0 Å². The van der Waals surface area contributed by atoms with Crippen molar-refractivity contribution >= 4 is 46.4 Å². The fourth-order valence-corrected chi connectivity index (χ4v) is 7.57. The number of H-pyrrole nitrogens is 2. The zero-order chi connectivity index (χ0) is 38.2. The molecular weight excluding hydrogens is 687 g/mol. The molecule has 0 aliphatic carbocycles. The van der Waals surface area contributed by atoms with E-state index in [0.717, 1.165) is 102 Å². The van der Waals surface area contributed by atoms with Crippen molar-refractivity contribution in [1.29, 1.82) is 0 Å². The van der Waals surface area contributed by atoms with Gasteiger partial charge in [0.2, 0.25) is 0 Å². The number of ether oxygens (including phenoxy) is 1. The topological polar surface area (TPSA) is 92.6 Å². The third-order valence-electron chi connectivity index (χ3n) is 10.5. The van der Waals surface area contributed by atoms with Crippen molar-refractivity contribution < 1.29 is 4.74 Å². The van der Waals surface area contributed by atoms with Gasteiger partial charge in [-0.15, -0.1) is 0 Å². The van der Waals surface area contributed by atoms with Crippen molar-refractivity contribution in [2.24, 2.45) is 5.73 Å². The van der Waals surface area contributed by atoms with Gasteiger partial charge in [0.25, 0.3) is 0 Å². The molecule has 56 heavy (non-hydrogen) atoms. The first-order valence-electron chi connectivity index (χ1n) is 19.2. The quantitative estimate of drug-likeness (QED) is 0.136. The van der Waals surface area contributed by atoms with E-state index in [1.807, 2.05) is 12.1 Å². The second-order valence-electron chi connectivity index (χ2n) is 14.6. The van der Waals surface area contributed by atoms with Crippen LogP contribution in [0, 0.1) is 20.8 Å². The summed E-state index contributed by atoms with van der Waals surface area (Å²) in [7, 11) is 0. The molecule has 4 aromatic carbocycles. The maximum atomic E-state index is 5.98. The van der Waals surface area contributed by atoms with Crippen molar-refractivity contribution in [2.75, 3.05) is 13.2 Å². The normalized spacial score (nSPS) is 12.0. The summed E-state index contributed by atoms with van der Waals surface area (Å²) >= 11 is 0. The van der Waals surface area contributed by atoms with Gasteiger partial charge in [-0.25, -0.2) is 9.97 Å². The second kappa shape index (κ2) is 14.8. The number of nitrogens with one attached hydrogen (secondary N) is 2. The molecule has 0 amide bonds. The maximum absolute atomic E-state index is 5.98. The van der Waals surface area contributed by atoms with Crippen LogP contribution >= 0.6 is 0 Å². The summed E-state index contributed by atoms with van der Waals surface area (Å²) in [5, 5.41) is 0. The van der Waals surface area contributed by atoms with E-state index in [4.69, 9.17) is 20.4 Å². The third-order valence-corrected chi connectivity index (χ3v) is 10.5. The molecule has 2 aliphatic rings. The first-order valence-corrected chi connectivity index (χ1v) is 19.2. The van der Waals surface area contributed by atoms with Crippen LogP contribution in [0.4, 0.5) is 0 Å². The Morgan fingerprint density at radius 3 is 1.04 bits per heavy atom. The smallest absolute Gasteiger partial charge is 0.119 e. The minimum atomic E-state index is 0.581. The Morgan fingerprint density at radius 2 is 0.732 bits per heavy atom. The number of nitrogens with zero attached hydrogens (tertiary/aromatic N) is 2. The Labute approximate surface area is 327 Å². The van der Waals surface area contributed by atoms with E-state index in [1.54, 1.807) is 0 Å². The average Bonchev–Trinajstić information content (AvgIpc) is 4.06. The first-order chi connectivity index (χ1) is 27.4. The predicted octanol–water partition coefficient (Wildman–Crippen LogP) is 12.0. The van der Waals surface area contributed by atoms with Gasteiger partial charge >= 0.3 is 0 Å². The van der Waals surface area contributed by atoms with Gasteiger partial charge in [0, 0.05) is 44.3 Å². The van der Waals surface area contributed by atoms with Crippen LogP contribution in [0.1, 0.15) is 45.9 Å². The summed E-state index contributed by atoms with van der Waals surface area (Å²) in [6.07, 6.45) is 9.36. The van der Waals surface area contributed by atoms with Gasteiger partial charge in [0.1, 0.15) is 5.75 Å². The highest BCUT2D eigenvalue weighted by Gasteiger charge is 2.19. The highest BCUT2D eigenvalue weighted by Crippen LogP contribution is 2.39. The lowest BCUT2D eigenvalue weighted by Gasteiger charge is -2.09. The van der Waals surface area contributed by atoms with Crippen molar-refractivity contribution in [3.8, 4) is 50.3 Å². The Balaban J connectivity index is 1.40. The number of aromatic amines is 2. The summed E-state index contributed by atoms with van der Waals surface area (Å²) in [6.45, 7) is 7.53. The Bertz CT molecular complexity index is 2760. The highest BCUT2D eigenvalue weighted by molar-refractivity contribution is 5.99. The molecule has 3 aromatic heterocycles. The third kappa shape index (κ3) is 6.76. The molecular formula is C50H43N5O. The first kappa shape index (κ1) is 35.0. The standard InChI is InChI=1S/C50H43N5O/c1-31-5-11-34(12-6-31)47-39-21-23-41(52-39)48(35-13-7-32(2)8-14-35)43-25-27-45(54-43)50(37-17-19-38(20-18-37)56-30-4-29-51)46-28-26-44(55-46)49(42-24-22-40(47)53-42)36-15-9-33(3)10-16-36/h5-28,52,55H,4,29-30,51H2,1-3H3. The van der Waals surface area contributed by atoms with Crippen LogP contribution < -0.4 is 10.5 Å². The van der Waals surface area contributed by atoms with Gasteiger partial charge in [0.05, 0.1) is 29.4 Å². The van der Waals surface area contributed by atoms with Crippen LogP contribution in [0.5, 0.6) is 5.75 Å². The zero-order valence-corrected chi connectivity index (χ0v) is 31.9. The molecule has 0 fully saturated rings. The van der Waals surface area contributed by atoms with Gasteiger partial charge in [-0.1, -0.05) is 102 Å². The van der Waals surface area contributed by atoms with Gasteiger partial charge in [-0.2, -0.15) is 0 Å². The summed E-state index contributed by atoms with van der Waals surface area (Å²) < 4.78 is 5.98. The highest BCUT2D eigenvalue weighted by atomic mass is 16.5. The molecule has 274 valence electrons. The molecule has 0 spiro atoms. The largest absolute Gasteiger partial charge is 0.494 e. The number of nitrogens with two attached hydrogens (primary N) is 1. The molecule has 8 bridgehead atoms. The molecule has 7 aromatic rings. The van der Waals surface area contributed by atoms with Gasteiger partial charge in [-0.3, -0.25) is 0 Å². The van der Waals surface area contributed by atoms with Crippen LogP contribution in [-0.4, -0.2) is 33.1 Å². The van der Waals surface area contributed by atoms with Crippen LogP contribution in [0.3, 0.4) is 0 Å². The average molecular weight is 730 g/mol. The summed E-state index contributed by atoms with van der Waals surface area (Å²) in [4.78, 5) is 18.5. The zero-order valence-electron chi connectivity index (χ0n) is 31.9. The van der Waals surface area contributed by atoms with Gasteiger partial charge in [-0.05, 0) is 117 Å². The SMILES string of the molecule is Cc1ccc(-c2c3nc(c(-c4ccc(C)cc4)c4ccc([nH]4)c(-c4ccc(OCCCN)cc4)c4nc(c(-c5ccc(C)cc5)c5ccc2[nH]5)C=C4)C=C3)cc1. The van der Waals surface area contributed by atoms with E-state index >= 15 is 0 Å². The summed E-state index contributed by atoms with van der Waals surface area (Å²) in [5.41, 5.74) is 25.1. The predicted molar refractivity (Wildman–Crippen MR) is 234 cm³/mol. The molecule has 6 heteroatoms. The van der Waals surface area contributed by atoms with E-state index in [2.05, 4.69) is 164 Å². The van der Waals surface area contributed by atoms with Crippen molar-refractivity contribution in [3.05, 3.63) is 161 Å². The molecule has 0 atom stereocenters. The minimum Gasteiger partial charge on any atom is -0.494 e. The second-order valence-corrected chi connectivity index (χ2v) is 14.6. The molecule has 6 nitrogen and oxygen atoms in total. The number of aromatic nitrogens is 4. The molecule has 0 radical (unpaired) electrons. The molecule has 4 N–H and O–H groups in total. The van der Waals surface area contributed by atoms with Crippen molar-refractivity contribution in [3.63, 3.8) is 0 Å². The molecule has 5 heterocycles. The number of benzene rings is 4. The van der Waals surface area contributed by atoms with Gasteiger partial charge < -0.3 is 20.4 Å². The van der Waals surface area contributed by atoms with E-state index in [9.17, 15) is 0 Å². The van der Waals surface area contributed by atoms with Crippen LogP contribution in [0.2, 0.25) is 0 Å². The van der Waals surface area contributed by atoms with Crippen LogP contribution in [0.15, 0.2) is 121 Å². The van der Waals surface area contributed by atoms with Crippen molar-refractivity contribution in [1.82, 2.24) is 19.9 Å². The van der Waals surface area contributed by atoms with Crippen LogP contribution in [0.25, 0.3) is 90.9 Å². The molecule has 0 saturated carbocycles. The van der Waals surface area contributed by atoms with Crippen molar-refractivity contribution in [2.45, 2.75) is 27.2 Å². The Morgan fingerprint density at radius 1 is 0.429 bits per heavy atom. The van der Waals surface area contributed by atoms with E-state index in [1.165, 1.54) is 16.7 Å². The minimum absolute atomic E-state index is 0.581. The summed E-state index contributed by atoms with van der Waals surface area (Å²) in [6, 6.07) is 43.0. The maximum Gasteiger partial charge on any atom is 0.119 e. The fraction of sp³-hybridized carbons (Fsp3) is 0.120. The Kier molecular flexibility index (Phi) is 9.25. The van der Waals surface area contributed by atoms with E-state index in [0.29, 0.717) is 13.2 Å². The number of hydrogen-bond acceptors (Lipinski definition) is 4. The van der Waals surface area contributed by atoms with Crippen LogP contribution in [-0.2, 0) is 0 Å². The monoisotopic (exact) mass is 729 g/mol.